The summed E-state index contributed by atoms with van der Waals surface area (Å²) >= 11 is 5.78. The van der Waals surface area contributed by atoms with Crippen molar-refractivity contribution in [1.82, 2.24) is 5.32 Å². The van der Waals surface area contributed by atoms with Crippen molar-refractivity contribution >= 4 is 17.3 Å². The van der Waals surface area contributed by atoms with Crippen LogP contribution in [0.25, 0.3) is 0 Å². The molecule has 2 atom stereocenters. The molecule has 0 amide bonds. The Kier molecular flexibility index (Phi) is 4.74. The fourth-order valence-corrected chi connectivity index (χ4v) is 2.62. The number of ether oxygens (including phenoxy) is 1. The van der Waals surface area contributed by atoms with Crippen molar-refractivity contribution in [3.05, 3.63) is 38.9 Å². The molecular formula is C13H17ClN2O3. The maximum atomic E-state index is 11.0. The molecule has 0 heterocycles. The second-order valence-electron chi connectivity index (χ2n) is 4.78. The molecular weight excluding hydrogens is 268 g/mol. The minimum atomic E-state index is -0.393. The predicted molar refractivity (Wildman–Crippen MR) is 73.4 cm³/mol. The molecule has 2 rings (SSSR count). The van der Waals surface area contributed by atoms with Crippen LogP contribution in [0.15, 0.2) is 18.2 Å². The summed E-state index contributed by atoms with van der Waals surface area (Å²) in [6.07, 6.45) is 3.34. The van der Waals surface area contributed by atoms with E-state index in [1.165, 1.54) is 6.07 Å². The van der Waals surface area contributed by atoms with Crippen LogP contribution in [-0.4, -0.2) is 24.2 Å². The Morgan fingerprint density at radius 2 is 2.32 bits per heavy atom. The molecule has 0 aromatic heterocycles. The molecule has 1 fully saturated rings. The Morgan fingerprint density at radius 1 is 1.53 bits per heavy atom. The van der Waals surface area contributed by atoms with Gasteiger partial charge >= 0.3 is 0 Å². The van der Waals surface area contributed by atoms with E-state index in [1.807, 2.05) is 0 Å². The summed E-state index contributed by atoms with van der Waals surface area (Å²) < 4.78 is 5.31. The highest BCUT2D eigenvalue weighted by atomic mass is 35.5. The maximum Gasteiger partial charge on any atom is 0.275 e. The Bertz CT molecular complexity index is 467. The van der Waals surface area contributed by atoms with E-state index >= 15 is 0 Å². The van der Waals surface area contributed by atoms with Gasteiger partial charge in [0.1, 0.15) is 0 Å². The molecule has 0 spiro atoms. The second kappa shape index (κ2) is 6.32. The molecule has 0 aliphatic heterocycles. The summed E-state index contributed by atoms with van der Waals surface area (Å²) in [5.41, 5.74) is 0.733. The minimum absolute atomic E-state index is 0.0706. The van der Waals surface area contributed by atoms with E-state index in [2.05, 4.69) is 5.32 Å². The van der Waals surface area contributed by atoms with Crippen molar-refractivity contribution in [1.29, 1.82) is 0 Å². The third-order valence-corrected chi connectivity index (χ3v) is 3.78. The van der Waals surface area contributed by atoms with Crippen LogP contribution in [0.2, 0.25) is 5.02 Å². The van der Waals surface area contributed by atoms with Crippen molar-refractivity contribution in [2.75, 3.05) is 7.11 Å². The molecule has 1 aliphatic rings. The third-order valence-electron chi connectivity index (χ3n) is 3.54. The number of benzene rings is 1. The summed E-state index contributed by atoms with van der Waals surface area (Å²) in [6, 6.07) is 5.14. The Morgan fingerprint density at radius 3 is 2.95 bits per heavy atom. The maximum absolute atomic E-state index is 11.0. The molecule has 1 aromatic carbocycles. The van der Waals surface area contributed by atoms with E-state index in [1.54, 1.807) is 19.2 Å². The highest BCUT2D eigenvalue weighted by Crippen LogP contribution is 2.25. The number of nitrogens with zero attached hydrogens (tertiary/aromatic N) is 1. The zero-order valence-corrected chi connectivity index (χ0v) is 11.5. The molecule has 1 aromatic rings. The zero-order chi connectivity index (χ0) is 13.8. The fourth-order valence-electron chi connectivity index (χ4n) is 2.45. The smallest absolute Gasteiger partial charge is 0.275 e. The molecule has 0 radical (unpaired) electrons. The fraction of sp³-hybridized carbons (Fsp3) is 0.538. The SMILES string of the molecule is COC1CCC(NCc2ccc(Cl)cc2[N+](=O)[O-])C1. The average molecular weight is 285 g/mol. The lowest BCUT2D eigenvalue weighted by atomic mass is 10.1. The van der Waals surface area contributed by atoms with Crippen LogP contribution in [-0.2, 0) is 11.3 Å². The van der Waals surface area contributed by atoms with Gasteiger partial charge in [-0.2, -0.15) is 0 Å². The number of methoxy groups -OCH3 is 1. The Hall–Kier alpha value is -1.17. The van der Waals surface area contributed by atoms with Crippen molar-refractivity contribution < 1.29 is 9.66 Å². The predicted octanol–water partition coefficient (Wildman–Crippen LogP) is 2.91. The first-order chi connectivity index (χ1) is 9.10. The lowest BCUT2D eigenvalue weighted by Crippen LogP contribution is -2.27. The van der Waals surface area contributed by atoms with Crippen LogP contribution in [0, 0.1) is 10.1 Å². The quantitative estimate of drug-likeness (QED) is 0.667. The Labute approximate surface area is 117 Å². The first-order valence-corrected chi connectivity index (χ1v) is 6.67. The molecule has 0 saturated heterocycles. The molecule has 0 bridgehead atoms. The molecule has 1 saturated carbocycles. The first-order valence-electron chi connectivity index (χ1n) is 6.29. The van der Waals surface area contributed by atoms with Gasteiger partial charge in [-0.25, -0.2) is 0 Å². The lowest BCUT2D eigenvalue weighted by Gasteiger charge is -2.13. The molecule has 19 heavy (non-hydrogen) atoms. The summed E-state index contributed by atoms with van der Waals surface area (Å²) in [5, 5.41) is 14.7. The summed E-state index contributed by atoms with van der Waals surface area (Å²) in [4.78, 5) is 10.6. The first kappa shape index (κ1) is 14.2. The normalized spacial score (nSPS) is 22.6. The largest absolute Gasteiger partial charge is 0.381 e. The van der Waals surface area contributed by atoms with Gasteiger partial charge in [0.25, 0.3) is 5.69 Å². The number of halogens is 1. The summed E-state index contributed by atoms with van der Waals surface area (Å²) in [5.74, 6) is 0. The van der Waals surface area contributed by atoms with Crippen LogP contribution < -0.4 is 5.32 Å². The number of nitro benzene ring substituents is 1. The average Bonchev–Trinajstić information content (AvgIpc) is 2.85. The Balaban J connectivity index is 1.98. The topological polar surface area (TPSA) is 64.4 Å². The standard InChI is InChI=1S/C13H17ClN2O3/c1-19-12-5-4-11(7-12)15-8-9-2-3-10(14)6-13(9)16(17)18/h2-3,6,11-12,15H,4-5,7-8H2,1H3. The highest BCUT2D eigenvalue weighted by Gasteiger charge is 2.24. The molecule has 2 unspecified atom stereocenters. The zero-order valence-electron chi connectivity index (χ0n) is 10.8. The van der Waals surface area contributed by atoms with Gasteiger partial charge in [0, 0.05) is 36.3 Å². The molecule has 6 heteroatoms. The van der Waals surface area contributed by atoms with Crippen LogP contribution in [0.4, 0.5) is 5.69 Å². The van der Waals surface area contributed by atoms with Gasteiger partial charge in [0.15, 0.2) is 0 Å². The van der Waals surface area contributed by atoms with Crippen molar-refractivity contribution in [2.24, 2.45) is 0 Å². The van der Waals surface area contributed by atoms with Gasteiger partial charge < -0.3 is 10.1 Å². The number of nitrogens with one attached hydrogen (secondary N) is 1. The highest BCUT2D eigenvalue weighted by molar-refractivity contribution is 6.30. The third kappa shape index (κ3) is 3.65. The molecule has 104 valence electrons. The lowest BCUT2D eigenvalue weighted by molar-refractivity contribution is -0.385. The van der Waals surface area contributed by atoms with Gasteiger partial charge in [0.2, 0.25) is 0 Å². The van der Waals surface area contributed by atoms with E-state index in [0.29, 0.717) is 29.3 Å². The van der Waals surface area contributed by atoms with Crippen LogP contribution in [0.3, 0.4) is 0 Å². The van der Waals surface area contributed by atoms with Crippen LogP contribution in [0.1, 0.15) is 24.8 Å². The van der Waals surface area contributed by atoms with E-state index < -0.39 is 4.92 Å². The number of hydrogen-bond acceptors (Lipinski definition) is 4. The summed E-state index contributed by atoms with van der Waals surface area (Å²) in [6.45, 7) is 0.481. The monoisotopic (exact) mass is 284 g/mol. The molecule has 5 nitrogen and oxygen atoms in total. The van der Waals surface area contributed by atoms with E-state index in [4.69, 9.17) is 16.3 Å². The van der Waals surface area contributed by atoms with E-state index in [9.17, 15) is 10.1 Å². The van der Waals surface area contributed by atoms with Crippen LogP contribution >= 0.6 is 11.6 Å². The van der Waals surface area contributed by atoms with Gasteiger partial charge in [-0.15, -0.1) is 0 Å². The van der Waals surface area contributed by atoms with Crippen molar-refractivity contribution in [3.63, 3.8) is 0 Å². The van der Waals surface area contributed by atoms with Crippen LogP contribution in [0.5, 0.6) is 0 Å². The molecule has 1 N–H and O–H groups in total. The van der Waals surface area contributed by atoms with Crippen molar-refractivity contribution in [2.45, 2.75) is 38.0 Å². The van der Waals surface area contributed by atoms with E-state index in [-0.39, 0.29) is 5.69 Å². The summed E-state index contributed by atoms with van der Waals surface area (Å²) in [7, 11) is 1.72. The minimum Gasteiger partial charge on any atom is -0.381 e. The number of hydrogen-bond donors (Lipinski definition) is 1. The van der Waals surface area contributed by atoms with Gasteiger partial charge in [-0.05, 0) is 31.4 Å². The molecule has 1 aliphatic carbocycles. The number of nitro groups is 1. The van der Waals surface area contributed by atoms with Crippen molar-refractivity contribution in [3.8, 4) is 0 Å². The van der Waals surface area contributed by atoms with Gasteiger partial charge in [-0.3, -0.25) is 10.1 Å². The van der Waals surface area contributed by atoms with E-state index in [0.717, 1.165) is 19.3 Å². The van der Waals surface area contributed by atoms with Gasteiger partial charge in [0.05, 0.1) is 11.0 Å². The second-order valence-corrected chi connectivity index (χ2v) is 5.22. The number of rotatable bonds is 5. The van der Waals surface area contributed by atoms with Gasteiger partial charge in [-0.1, -0.05) is 11.6 Å².